The Balaban J connectivity index is 1.86. The number of benzene rings is 1. The van der Waals surface area contributed by atoms with Crippen LogP contribution in [0.15, 0.2) is 24.3 Å². The lowest BCUT2D eigenvalue weighted by molar-refractivity contribution is -0.139. The van der Waals surface area contributed by atoms with Crippen molar-refractivity contribution in [2.75, 3.05) is 26.8 Å². The number of hydrogen-bond donors (Lipinski definition) is 1. The fraction of sp³-hybridized carbons (Fsp3) is 0.500. The molecule has 5 heteroatoms. The molecule has 19 heavy (non-hydrogen) atoms. The normalized spacial score (nSPS) is 19.6. The molecule has 0 saturated heterocycles. The van der Waals surface area contributed by atoms with Crippen LogP contribution in [0.2, 0.25) is 0 Å². The van der Waals surface area contributed by atoms with Gasteiger partial charge in [-0.25, -0.2) is 0 Å². The van der Waals surface area contributed by atoms with Crippen LogP contribution in [0.1, 0.15) is 17.2 Å². The number of fused-ring (bicyclic) bond motifs is 1. The number of hydrogen-bond acceptors (Lipinski definition) is 4. The largest absolute Gasteiger partial charge is 0.468 e. The molecule has 0 spiro atoms. The van der Waals surface area contributed by atoms with Gasteiger partial charge in [0.25, 0.3) is 0 Å². The van der Waals surface area contributed by atoms with Crippen molar-refractivity contribution in [2.24, 2.45) is 0 Å². The summed E-state index contributed by atoms with van der Waals surface area (Å²) in [5.74, 6) is -0.266. The zero-order valence-corrected chi connectivity index (χ0v) is 12.5. The number of carbonyl (C=O) groups is 1. The molecule has 0 aliphatic carbocycles. The van der Waals surface area contributed by atoms with E-state index in [0.29, 0.717) is 13.1 Å². The predicted molar refractivity (Wildman–Crippen MR) is 76.4 cm³/mol. The smallest absolute Gasteiger partial charge is 0.320 e. The fourth-order valence-electron chi connectivity index (χ4n) is 2.20. The Hall–Kier alpha value is -0.910. The molecule has 1 heterocycles. The lowest BCUT2D eigenvalue weighted by atomic mass is 9.97. The highest BCUT2D eigenvalue weighted by molar-refractivity contribution is 9.10. The molecule has 0 fully saturated rings. The summed E-state index contributed by atoms with van der Waals surface area (Å²) in [5.41, 5.74) is 2.59. The van der Waals surface area contributed by atoms with Crippen LogP contribution >= 0.6 is 15.9 Å². The van der Waals surface area contributed by atoms with E-state index < -0.39 is 0 Å². The molecule has 2 rings (SSSR count). The number of methoxy groups -OCH3 is 1. The number of rotatable bonds is 5. The first-order valence-electron chi connectivity index (χ1n) is 6.34. The molecule has 1 aromatic rings. The molecule has 1 aliphatic heterocycles. The second kappa shape index (κ2) is 7.03. The molecular weight excluding hydrogens is 310 g/mol. The van der Waals surface area contributed by atoms with Crippen LogP contribution in [-0.4, -0.2) is 37.6 Å². The van der Waals surface area contributed by atoms with Crippen molar-refractivity contribution in [1.82, 2.24) is 5.32 Å². The predicted octanol–water partition coefficient (Wildman–Crippen LogP) is 1.83. The van der Waals surface area contributed by atoms with E-state index >= 15 is 0 Å². The number of alkyl halides is 1. The molecule has 1 aromatic carbocycles. The topological polar surface area (TPSA) is 47.6 Å². The Labute approximate surface area is 121 Å². The van der Waals surface area contributed by atoms with Crippen LogP contribution < -0.4 is 5.32 Å². The highest BCUT2D eigenvalue weighted by atomic mass is 79.9. The second-order valence-electron chi connectivity index (χ2n) is 4.46. The average molecular weight is 328 g/mol. The minimum Gasteiger partial charge on any atom is -0.468 e. The lowest BCUT2D eigenvalue weighted by Gasteiger charge is -2.26. The number of esters is 1. The Morgan fingerprint density at radius 2 is 2.37 bits per heavy atom. The average Bonchev–Trinajstić information content (AvgIpc) is 2.46. The second-order valence-corrected chi connectivity index (χ2v) is 5.56. The summed E-state index contributed by atoms with van der Waals surface area (Å²) in [7, 11) is 1.39. The minimum atomic E-state index is -0.323. The third-order valence-corrected chi connectivity index (χ3v) is 3.90. The summed E-state index contributed by atoms with van der Waals surface area (Å²) >= 11 is 3.28. The molecule has 4 nitrogen and oxygen atoms in total. The SMILES string of the molecule is COC(=O)C(Br)CNCC1OCCc2ccccc21. The van der Waals surface area contributed by atoms with Gasteiger partial charge in [-0.05, 0) is 17.5 Å². The van der Waals surface area contributed by atoms with E-state index in [1.807, 2.05) is 6.07 Å². The van der Waals surface area contributed by atoms with Gasteiger partial charge in [-0.2, -0.15) is 0 Å². The van der Waals surface area contributed by atoms with Gasteiger partial charge in [-0.15, -0.1) is 0 Å². The summed E-state index contributed by atoms with van der Waals surface area (Å²) in [4.78, 5) is 10.9. The molecule has 2 unspecified atom stereocenters. The van der Waals surface area contributed by atoms with Crippen molar-refractivity contribution in [3.8, 4) is 0 Å². The number of halogens is 1. The van der Waals surface area contributed by atoms with Crippen LogP contribution in [0.3, 0.4) is 0 Å². The van der Waals surface area contributed by atoms with Crippen molar-refractivity contribution in [3.05, 3.63) is 35.4 Å². The van der Waals surface area contributed by atoms with E-state index in [9.17, 15) is 4.79 Å². The summed E-state index contributed by atoms with van der Waals surface area (Å²) < 4.78 is 10.4. The minimum absolute atomic E-state index is 0.0577. The van der Waals surface area contributed by atoms with Crippen LogP contribution in [0.25, 0.3) is 0 Å². The maximum atomic E-state index is 11.3. The van der Waals surface area contributed by atoms with E-state index in [2.05, 4.69) is 44.2 Å². The van der Waals surface area contributed by atoms with E-state index in [1.54, 1.807) is 0 Å². The van der Waals surface area contributed by atoms with Crippen LogP contribution in [0.5, 0.6) is 0 Å². The highest BCUT2D eigenvalue weighted by Crippen LogP contribution is 2.26. The summed E-state index contributed by atoms with van der Waals surface area (Å²) in [6.45, 7) is 1.96. The fourth-order valence-corrected chi connectivity index (χ4v) is 2.61. The standard InChI is InChI=1S/C14H18BrNO3/c1-18-14(17)12(15)8-16-9-13-11-5-3-2-4-10(11)6-7-19-13/h2-5,12-13,16H,6-9H2,1H3. The molecule has 1 aliphatic rings. The molecule has 0 saturated carbocycles. The van der Waals surface area contributed by atoms with E-state index in [-0.39, 0.29) is 16.9 Å². The van der Waals surface area contributed by atoms with Crippen LogP contribution in [0, 0.1) is 0 Å². The summed E-state index contributed by atoms with van der Waals surface area (Å²) in [6.07, 6.45) is 1.03. The zero-order valence-electron chi connectivity index (χ0n) is 10.9. The van der Waals surface area contributed by atoms with Crippen molar-refractivity contribution in [3.63, 3.8) is 0 Å². The van der Waals surface area contributed by atoms with Gasteiger partial charge >= 0.3 is 5.97 Å². The third-order valence-electron chi connectivity index (χ3n) is 3.20. The Morgan fingerprint density at radius 1 is 1.58 bits per heavy atom. The number of carbonyl (C=O) groups excluding carboxylic acids is 1. The maximum absolute atomic E-state index is 11.3. The molecular formula is C14H18BrNO3. The molecule has 0 bridgehead atoms. The van der Waals surface area contributed by atoms with E-state index in [0.717, 1.165) is 13.0 Å². The van der Waals surface area contributed by atoms with Gasteiger partial charge in [0, 0.05) is 13.1 Å². The van der Waals surface area contributed by atoms with Gasteiger partial charge in [0.2, 0.25) is 0 Å². The zero-order chi connectivity index (χ0) is 13.7. The lowest BCUT2D eigenvalue weighted by Crippen LogP contribution is -2.34. The number of nitrogens with one attached hydrogen (secondary N) is 1. The van der Waals surface area contributed by atoms with Gasteiger partial charge in [0.05, 0.1) is 19.8 Å². The first kappa shape index (κ1) is 14.5. The van der Waals surface area contributed by atoms with Crippen molar-refractivity contribution in [1.29, 1.82) is 0 Å². The Morgan fingerprint density at radius 3 is 3.16 bits per heavy atom. The molecule has 1 N–H and O–H groups in total. The number of ether oxygens (including phenoxy) is 2. The van der Waals surface area contributed by atoms with Crippen molar-refractivity contribution >= 4 is 21.9 Å². The molecule has 104 valence electrons. The highest BCUT2D eigenvalue weighted by Gasteiger charge is 2.21. The van der Waals surface area contributed by atoms with Gasteiger partial charge < -0.3 is 14.8 Å². The van der Waals surface area contributed by atoms with Gasteiger partial charge in [0.15, 0.2) is 0 Å². The quantitative estimate of drug-likeness (QED) is 0.662. The van der Waals surface area contributed by atoms with Crippen molar-refractivity contribution in [2.45, 2.75) is 17.4 Å². The van der Waals surface area contributed by atoms with Gasteiger partial charge in [-0.1, -0.05) is 40.2 Å². The van der Waals surface area contributed by atoms with Crippen LogP contribution in [0.4, 0.5) is 0 Å². The molecule has 2 atom stereocenters. The Kier molecular flexibility index (Phi) is 5.36. The first-order chi connectivity index (χ1) is 9.22. The third kappa shape index (κ3) is 3.78. The first-order valence-corrected chi connectivity index (χ1v) is 7.26. The molecule has 0 radical (unpaired) electrons. The van der Waals surface area contributed by atoms with E-state index in [1.165, 1.54) is 18.2 Å². The van der Waals surface area contributed by atoms with Crippen molar-refractivity contribution < 1.29 is 14.3 Å². The summed E-state index contributed by atoms with van der Waals surface area (Å²) in [5, 5.41) is 3.24. The summed E-state index contributed by atoms with van der Waals surface area (Å²) in [6, 6.07) is 8.34. The van der Waals surface area contributed by atoms with E-state index in [4.69, 9.17) is 4.74 Å². The monoisotopic (exact) mass is 327 g/mol. The van der Waals surface area contributed by atoms with Crippen LogP contribution in [-0.2, 0) is 20.7 Å². The van der Waals surface area contributed by atoms with Gasteiger partial charge in [0.1, 0.15) is 4.83 Å². The maximum Gasteiger partial charge on any atom is 0.320 e. The molecule has 0 aromatic heterocycles. The Bertz CT molecular complexity index is 438. The van der Waals surface area contributed by atoms with Gasteiger partial charge in [-0.3, -0.25) is 4.79 Å². The molecule has 0 amide bonds.